The predicted octanol–water partition coefficient (Wildman–Crippen LogP) is 2.75. The minimum absolute atomic E-state index is 0.0172. The topological polar surface area (TPSA) is 49.4 Å². The summed E-state index contributed by atoms with van der Waals surface area (Å²) in [7, 11) is 0. The molecule has 1 N–H and O–H groups in total. The van der Waals surface area contributed by atoms with E-state index in [1.807, 2.05) is 32.9 Å². The first kappa shape index (κ1) is 15.8. The molecule has 2 atom stereocenters. The monoisotopic (exact) mass is 308 g/mol. The predicted molar refractivity (Wildman–Crippen MR) is 82.9 cm³/mol. The number of amides is 2. The van der Waals surface area contributed by atoms with Gasteiger partial charge in [0.25, 0.3) is 0 Å². The van der Waals surface area contributed by atoms with Crippen LogP contribution < -0.4 is 5.32 Å². The van der Waals surface area contributed by atoms with Crippen LogP contribution in [0.5, 0.6) is 0 Å². The highest BCUT2D eigenvalue weighted by atomic mass is 35.5. The molecule has 114 valence electrons. The van der Waals surface area contributed by atoms with Crippen LogP contribution in [0.1, 0.15) is 39.2 Å². The Bertz CT molecular complexity index is 544. The van der Waals surface area contributed by atoms with Crippen LogP contribution >= 0.6 is 11.6 Å². The highest BCUT2D eigenvalue weighted by molar-refractivity contribution is 6.30. The van der Waals surface area contributed by atoms with Gasteiger partial charge < -0.3 is 10.2 Å². The van der Waals surface area contributed by atoms with Crippen molar-refractivity contribution in [1.82, 2.24) is 10.2 Å². The molecular formula is C16H21ClN2O2. The van der Waals surface area contributed by atoms with Gasteiger partial charge in [0.1, 0.15) is 11.6 Å². The van der Waals surface area contributed by atoms with Gasteiger partial charge in [0.15, 0.2) is 0 Å². The quantitative estimate of drug-likeness (QED) is 0.930. The summed E-state index contributed by atoms with van der Waals surface area (Å²) < 4.78 is 0. The fraction of sp³-hybridized carbons (Fsp3) is 0.500. The number of hydrogen-bond acceptors (Lipinski definition) is 2. The largest absolute Gasteiger partial charge is 0.342 e. The first-order valence-corrected chi connectivity index (χ1v) is 7.67. The van der Waals surface area contributed by atoms with Gasteiger partial charge >= 0.3 is 0 Å². The van der Waals surface area contributed by atoms with Crippen molar-refractivity contribution in [1.29, 1.82) is 0 Å². The molecule has 5 heteroatoms. The Hall–Kier alpha value is -1.55. The van der Waals surface area contributed by atoms with E-state index in [1.54, 1.807) is 17.0 Å². The Morgan fingerprint density at radius 1 is 1.24 bits per heavy atom. The molecule has 1 heterocycles. The summed E-state index contributed by atoms with van der Waals surface area (Å²) in [5.41, 5.74) is 0.166. The Balaban J connectivity index is 2.32. The average molecular weight is 309 g/mol. The molecule has 0 radical (unpaired) electrons. The van der Waals surface area contributed by atoms with Crippen molar-refractivity contribution < 1.29 is 9.59 Å². The molecular weight excluding hydrogens is 288 g/mol. The van der Waals surface area contributed by atoms with Crippen LogP contribution in [0.4, 0.5) is 0 Å². The Kier molecular flexibility index (Phi) is 4.57. The second-order valence-corrected chi connectivity index (χ2v) is 6.05. The molecule has 21 heavy (non-hydrogen) atoms. The molecule has 2 rings (SSSR count). The maximum absolute atomic E-state index is 12.6. The number of carbonyl (C=O) groups is 2. The van der Waals surface area contributed by atoms with Crippen molar-refractivity contribution in [2.75, 3.05) is 0 Å². The fourth-order valence-electron chi connectivity index (χ4n) is 2.58. The van der Waals surface area contributed by atoms with Crippen LogP contribution in [0.3, 0.4) is 0 Å². The lowest BCUT2D eigenvalue weighted by Gasteiger charge is -2.46. The van der Waals surface area contributed by atoms with Crippen molar-refractivity contribution in [2.24, 2.45) is 0 Å². The van der Waals surface area contributed by atoms with E-state index in [0.717, 1.165) is 5.56 Å². The van der Waals surface area contributed by atoms with Gasteiger partial charge in [-0.05, 0) is 37.5 Å². The van der Waals surface area contributed by atoms with Gasteiger partial charge in [-0.3, -0.25) is 9.59 Å². The number of benzene rings is 1. The maximum atomic E-state index is 12.6. The average Bonchev–Trinajstić information content (AvgIpc) is 2.49. The summed E-state index contributed by atoms with van der Waals surface area (Å²) in [6.45, 7) is 6.07. The van der Waals surface area contributed by atoms with E-state index >= 15 is 0 Å². The molecule has 2 amide bonds. The van der Waals surface area contributed by atoms with Crippen LogP contribution in [0, 0.1) is 0 Å². The van der Waals surface area contributed by atoms with Crippen molar-refractivity contribution in [2.45, 2.75) is 51.7 Å². The summed E-state index contributed by atoms with van der Waals surface area (Å²) in [6, 6.07) is 6.94. The minimum atomic E-state index is -0.803. The normalized spacial score (nSPS) is 25.9. The molecule has 1 aliphatic heterocycles. The van der Waals surface area contributed by atoms with E-state index in [0.29, 0.717) is 24.4 Å². The van der Waals surface area contributed by atoms with Gasteiger partial charge in [-0.15, -0.1) is 0 Å². The molecule has 1 aromatic carbocycles. The third kappa shape index (κ3) is 2.91. The van der Waals surface area contributed by atoms with Gasteiger partial charge in [0.05, 0.1) is 0 Å². The number of rotatable bonds is 4. The Morgan fingerprint density at radius 2 is 1.86 bits per heavy atom. The smallest absolute Gasteiger partial charge is 0.246 e. The lowest BCUT2D eigenvalue weighted by Crippen LogP contribution is -2.68. The zero-order valence-electron chi connectivity index (χ0n) is 12.6. The van der Waals surface area contributed by atoms with E-state index in [-0.39, 0.29) is 11.8 Å². The molecule has 1 aromatic rings. The number of halogens is 1. The Morgan fingerprint density at radius 3 is 2.38 bits per heavy atom. The van der Waals surface area contributed by atoms with Crippen molar-refractivity contribution in [3.05, 3.63) is 34.9 Å². The third-order valence-corrected chi connectivity index (χ3v) is 4.56. The second kappa shape index (κ2) is 6.06. The van der Waals surface area contributed by atoms with E-state index in [2.05, 4.69) is 5.32 Å². The number of nitrogens with one attached hydrogen (secondary N) is 1. The number of hydrogen-bond donors (Lipinski definition) is 1. The molecule has 1 saturated heterocycles. The van der Waals surface area contributed by atoms with E-state index < -0.39 is 11.6 Å². The molecule has 4 nitrogen and oxygen atoms in total. The van der Waals surface area contributed by atoms with Crippen LogP contribution in [-0.4, -0.2) is 28.3 Å². The zero-order valence-corrected chi connectivity index (χ0v) is 13.4. The van der Waals surface area contributed by atoms with Gasteiger partial charge in [0.2, 0.25) is 11.8 Å². The van der Waals surface area contributed by atoms with Gasteiger partial charge in [-0.2, -0.15) is 0 Å². The lowest BCUT2D eigenvalue weighted by atomic mass is 9.89. The summed E-state index contributed by atoms with van der Waals surface area (Å²) in [4.78, 5) is 26.7. The summed E-state index contributed by atoms with van der Waals surface area (Å²) >= 11 is 5.89. The number of nitrogens with zero attached hydrogens (tertiary/aromatic N) is 1. The number of carbonyl (C=O) groups excluding carboxylic acids is 2. The first-order chi connectivity index (χ1) is 9.92. The van der Waals surface area contributed by atoms with Crippen molar-refractivity contribution >= 4 is 23.4 Å². The molecule has 0 spiro atoms. The Labute approximate surface area is 130 Å². The SMILES string of the molecule is CCC1NC(=O)C(C)(CC)N(Cc2ccc(Cl)cc2)C1=O. The van der Waals surface area contributed by atoms with Crippen LogP contribution in [-0.2, 0) is 16.1 Å². The lowest BCUT2D eigenvalue weighted by molar-refractivity contribution is -0.157. The molecule has 0 aromatic heterocycles. The first-order valence-electron chi connectivity index (χ1n) is 7.29. The van der Waals surface area contributed by atoms with E-state index in [4.69, 9.17) is 11.6 Å². The zero-order chi connectivity index (χ0) is 15.6. The standard InChI is InChI=1S/C16H21ClN2O2/c1-4-13-14(20)19(16(3,5-2)15(21)18-13)10-11-6-8-12(17)9-7-11/h6-9,13H,4-5,10H2,1-3H3,(H,18,21). The molecule has 0 aliphatic carbocycles. The van der Waals surface area contributed by atoms with Gasteiger partial charge in [0, 0.05) is 11.6 Å². The maximum Gasteiger partial charge on any atom is 0.246 e. The molecule has 2 unspecified atom stereocenters. The van der Waals surface area contributed by atoms with E-state index in [9.17, 15) is 9.59 Å². The molecule has 0 saturated carbocycles. The van der Waals surface area contributed by atoms with E-state index in [1.165, 1.54) is 0 Å². The minimum Gasteiger partial charge on any atom is -0.342 e. The second-order valence-electron chi connectivity index (χ2n) is 5.61. The van der Waals surface area contributed by atoms with Crippen LogP contribution in [0.25, 0.3) is 0 Å². The highest BCUT2D eigenvalue weighted by Crippen LogP contribution is 2.28. The van der Waals surface area contributed by atoms with Crippen molar-refractivity contribution in [3.8, 4) is 0 Å². The molecule has 1 fully saturated rings. The van der Waals surface area contributed by atoms with Gasteiger partial charge in [-0.1, -0.05) is 37.6 Å². The van der Waals surface area contributed by atoms with Crippen LogP contribution in [0.2, 0.25) is 5.02 Å². The summed E-state index contributed by atoms with van der Waals surface area (Å²) in [5, 5.41) is 3.49. The van der Waals surface area contributed by atoms with Gasteiger partial charge in [-0.25, -0.2) is 0 Å². The van der Waals surface area contributed by atoms with Crippen molar-refractivity contribution in [3.63, 3.8) is 0 Å². The summed E-state index contributed by atoms with van der Waals surface area (Å²) in [6.07, 6.45) is 1.18. The fourth-order valence-corrected chi connectivity index (χ4v) is 2.71. The summed E-state index contributed by atoms with van der Waals surface area (Å²) in [5.74, 6) is -0.0955. The molecule has 0 bridgehead atoms. The molecule has 1 aliphatic rings. The number of piperazine rings is 1. The highest BCUT2D eigenvalue weighted by Gasteiger charge is 2.47. The third-order valence-electron chi connectivity index (χ3n) is 4.30. The van der Waals surface area contributed by atoms with Crippen LogP contribution in [0.15, 0.2) is 24.3 Å².